The molecule has 0 aliphatic rings. The van der Waals surface area contributed by atoms with Gasteiger partial charge in [0, 0.05) is 11.8 Å². The first kappa shape index (κ1) is 14.6. The average Bonchev–Trinajstić information content (AvgIpc) is 2.37. The number of thioether (sulfide) groups is 1. The highest BCUT2D eigenvalue weighted by Gasteiger charge is 2.07. The highest BCUT2D eigenvalue weighted by atomic mass is 32.2. The van der Waals surface area contributed by atoms with Gasteiger partial charge in [-0.05, 0) is 43.2 Å². The third-order valence-electron chi connectivity index (χ3n) is 2.96. The van der Waals surface area contributed by atoms with Crippen LogP contribution in [0.5, 0.6) is 0 Å². The highest BCUT2D eigenvalue weighted by Crippen LogP contribution is 2.10. The number of nitrogens with one attached hydrogen (secondary N) is 1. The van der Waals surface area contributed by atoms with E-state index in [1.165, 1.54) is 23.3 Å². The predicted octanol–water partition coefficient (Wildman–Crippen LogP) is 3.52. The number of aryl methyl sites for hydroxylation is 1. The second-order valence-corrected chi connectivity index (χ2v) is 5.39. The van der Waals surface area contributed by atoms with Gasteiger partial charge >= 0.3 is 0 Å². The van der Waals surface area contributed by atoms with Crippen LogP contribution in [-0.2, 0) is 12.8 Å². The van der Waals surface area contributed by atoms with Crippen LogP contribution in [0.3, 0.4) is 0 Å². The highest BCUT2D eigenvalue weighted by molar-refractivity contribution is 7.98. The quantitative estimate of drug-likeness (QED) is 0.758. The van der Waals surface area contributed by atoms with E-state index >= 15 is 0 Å². The molecule has 17 heavy (non-hydrogen) atoms. The van der Waals surface area contributed by atoms with E-state index in [0.29, 0.717) is 6.04 Å². The number of hydrogen-bond acceptors (Lipinski definition) is 2. The summed E-state index contributed by atoms with van der Waals surface area (Å²) < 4.78 is 0. The molecule has 2 heteroatoms. The molecular formula is C15H25NS. The summed E-state index contributed by atoms with van der Waals surface area (Å²) in [5.41, 5.74) is 2.88. The fourth-order valence-electron chi connectivity index (χ4n) is 1.94. The Balaban J connectivity index is 2.51. The van der Waals surface area contributed by atoms with Gasteiger partial charge < -0.3 is 5.32 Å². The Kier molecular flexibility index (Phi) is 7.38. The molecular weight excluding hydrogens is 226 g/mol. The summed E-state index contributed by atoms with van der Waals surface area (Å²) in [5, 5.41) is 3.63. The van der Waals surface area contributed by atoms with Gasteiger partial charge in [-0.2, -0.15) is 11.8 Å². The molecule has 1 atom stereocenters. The molecule has 0 saturated carbocycles. The van der Waals surface area contributed by atoms with Crippen LogP contribution in [0.4, 0.5) is 0 Å². The molecule has 0 bridgehead atoms. The molecule has 0 aliphatic heterocycles. The van der Waals surface area contributed by atoms with Crippen molar-refractivity contribution in [1.82, 2.24) is 5.32 Å². The summed E-state index contributed by atoms with van der Waals surface area (Å²) in [5.74, 6) is 1.19. The lowest BCUT2D eigenvalue weighted by atomic mass is 10.0. The average molecular weight is 251 g/mol. The van der Waals surface area contributed by atoms with Crippen molar-refractivity contribution in [3.63, 3.8) is 0 Å². The van der Waals surface area contributed by atoms with Crippen LogP contribution in [0.2, 0.25) is 0 Å². The molecule has 0 saturated heterocycles. The van der Waals surface area contributed by atoms with Crippen LogP contribution >= 0.6 is 11.8 Å². The van der Waals surface area contributed by atoms with Crippen LogP contribution in [0.15, 0.2) is 24.3 Å². The van der Waals surface area contributed by atoms with E-state index in [1.54, 1.807) is 0 Å². The summed E-state index contributed by atoms with van der Waals surface area (Å²) in [7, 11) is 0. The molecule has 1 N–H and O–H groups in total. The van der Waals surface area contributed by atoms with E-state index in [4.69, 9.17) is 0 Å². The molecule has 0 spiro atoms. The molecule has 0 heterocycles. The molecule has 1 nitrogen and oxygen atoms in total. The summed E-state index contributed by atoms with van der Waals surface area (Å²) >= 11 is 1.92. The number of benzene rings is 1. The third-order valence-corrected chi connectivity index (χ3v) is 3.70. The van der Waals surface area contributed by atoms with Gasteiger partial charge in [-0.1, -0.05) is 38.1 Å². The van der Waals surface area contributed by atoms with Crippen molar-refractivity contribution in [2.24, 2.45) is 0 Å². The predicted molar refractivity (Wildman–Crippen MR) is 80.0 cm³/mol. The molecule has 0 fully saturated rings. The molecule has 1 unspecified atom stereocenters. The molecule has 1 aromatic carbocycles. The lowest BCUT2D eigenvalue weighted by Crippen LogP contribution is -2.33. The Morgan fingerprint density at radius 3 is 2.29 bits per heavy atom. The van der Waals surface area contributed by atoms with Crippen molar-refractivity contribution in [3.05, 3.63) is 35.4 Å². The zero-order valence-electron chi connectivity index (χ0n) is 11.3. The van der Waals surface area contributed by atoms with Gasteiger partial charge in [-0.15, -0.1) is 0 Å². The summed E-state index contributed by atoms with van der Waals surface area (Å²) in [6, 6.07) is 9.67. The van der Waals surface area contributed by atoms with Gasteiger partial charge in [0.1, 0.15) is 0 Å². The first-order chi connectivity index (χ1) is 8.30. The van der Waals surface area contributed by atoms with Crippen LogP contribution < -0.4 is 5.32 Å². The summed E-state index contributed by atoms with van der Waals surface area (Å²) in [4.78, 5) is 0. The van der Waals surface area contributed by atoms with E-state index in [0.717, 1.165) is 19.4 Å². The summed E-state index contributed by atoms with van der Waals surface area (Å²) in [6.07, 6.45) is 5.66. The minimum Gasteiger partial charge on any atom is -0.313 e. The van der Waals surface area contributed by atoms with Gasteiger partial charge in [0.2, 0.25) is 0 Å². The van der Waals surface area contributed by atoms with Gasteiger partial charge in [0.15, 0.2) is 0 Å². The van der Waals surface area contributed by atoms with Crippen LogP contribution in [0.25, 0.3) is 0 Å². The molecule has 0 amide bonds. The van der Waals surface area contributed by atoms with E-state index < -0.39 is 0 Å². The van der Waals surface area contributed by atoms with Crippen molar-refractivity contribution in [2.75, 3.05) is 18.6 Å². The van der Waals surface area contributed by atoms with E-state index in [1.807, 2.05) is 11.8 Å². The maximum atomic E-state index is 3.63. The first-order valence-electron chi connectivity index (χ1n) is 6.60. The van der Waals surface area contributed by atoms with Crippen molar-refractivity contribution in [3.8, 4) is 0 Å². The topological polar surface area (TPSA) is 12.0 Å². The molecule has 0 aliphatic carbocycles. The molecule has 0 radical (unpaired) electrons. The Bertz CT molecular complexity index is 294. The lowest BCUT2D eigenvalue weighted by molar-refractivity contribution is 0.550. The molecule has 1 aromatic rings. The fourth-order valence-corrected chi connectivity index (χ4v) is 2.57. The van der Waals surface area contributed by atoms with Crippen molar-refractivity contribution in [2.45, 2.75) is 39.2 Å². The van der Waals surface area contributed by atoms with Crippen LogP contribution in [-0.4, -0.2) is 24.6 Å². The lowest BCUT2D eigenvalue weighted by Gasteiger charge is -2.17. The van der Waals surface area contributed by atoms with E-state index in [9.17, 15) is 0 Å². The van der Waals surface area contributed by atoms with Gasteiger partial charge in [0.25, 0.3) is 0 Å². The maximum Gasteiger partial charge on any atom is 0.0198 e. The van der Waals surface area contributed by atoms with E-state index in [-0.39, 0.29) is 0 Å². The Morgan fingerprint density at radius 2 is 1.76 bits per heavy atom. The minimum atomic E-state index is 0.609. The second kappa shape index (κ2) is 8.60. The SMILES string of the molecule is CCCNC(CSC)Cc1ccc(CC)cc1. The fraction of sp³-hybridized carbons (Fsp3) is 0.600. The smallest absolute Gasteiger partial charge is 0.0198 e. The normalized spacial score (nSPS) is 12.6. The summed E-state index contributed by atoms with van der Waals surface area (Å²) in [6.45, 7) is 5.55. The Hall–Kier alpha value is -0.470. The van der Waals surface area contributed by atoms with Crippen molar-refractivity contribution < 1.29 is 0 Å². The van der Waals surface area contributed by atoms with Crippen molar-refractivity contribution in [1.29, 1.82) is 0 Å². The Labute approximate surface area is 110 Å². The molecule has 1 rings (SSSR count). The zero-order chi connectivity index (χ0) is 12.5. The van der Waals surface area contributed by atoms with Gasteiger partial charge in [-0.3, -0.25) is 0 Å². The zero-order valence-corrected chi connectivity index (χ0v) is 12.1. The number of hydrogen-bond donors (Lipinski definition) is 1. The van der Waals surface area contributed by atoms with Crippen molar-refractivity contribution >= 4 is 11.8 Å². The molecule has 96 valence electrons. The van der Waals surface area contributed by atoms with Gasteiger partial charge in [-0.25, -0.2) is 0 Å². The minimum absolute atomic E-state index is 0.609. The molecule has 0 aromatic heterocycles. The van der Waals surface area contributed by atoms with Gasteiger partial charge in [0.05, 0.1) is 0 Å². The van der Waals surface area contributed by atoms with E-state index in [2.05, 4.69) is 49.7 Å². The largest absolute Gasteiger partial charge is 0.313 e. The monoisotopic (exact) mass is 251 g/mol. The Morgan fingerprint density at radius 1 is 1.12 bits per heavy atom. The third kappa shape index (κ3) is 5.60. The first-order valence-corrected chi connectivity index (χ1v) is 7.99. The van der Waals surface area contributed by atoms with Crippen LogP contribution in [0.1, 0.15) is 31.4 Å². The maximum absolute atomic E-state index is 3.63. The second-order valence-electron chi connectivity index (χ2n) is 4.48. The standard InChI is InChI=1S/C15H25NS/c1-4-10-16-15(12-17-3)11-14-8-6-13(5-2)7-9-14/h6-9,15-16H,4-5,10-12H2,1-3H3. The van der Waals surface area contributed by atoms with Crippen LogP contribution in [0, 0.1) is 0 Å². The number of rotatable bonds is 8.